The summed E-state index contributed by atoms with van der Waals surface area (Å²) in [4.78, 5) is 14.8. The molecule has 1 aromatic rings. The average molecular weight is 220 g/mol. The quantitative estimate of drug-likeness (QED) is 0.790. The number of carbonyl (C=O) groups excluding carboxylic acids is 1. The van der Waals surface area contributed by atoms with Crippen molar-refractivity contribution >= 4 is 27.3 Å². The lowest BCUT2D eigenvalue weighted by atomic mass is 10.5. The van der Waals surface area contributed by atoms with Crippen LogP contribution in [0.2, 0.25) is 0 Å². The van der Waals surface area contributed by atoms with E-state index in [4.69, 9.17) is 0 Å². The highest BCUT2D eigenvalue weighted by Crippen LogP contribution is 2.00. The highest BCUT2D eigenvalue weighted by atomic mass is 32.2. The normalized spacial score (nSPS) is 11.2. The molecule has 0 fully saturated rings. The van der Waals surface area contributed by atoms with E-state index in [-0.39, 0.29) is 11.4 Å². The molecule has 0 aliphatic rings. The third kappa shape index (κ3) is 2.78. The Morgan fingerprint density at radius 1 is 1.69 bits per heavy atom. The van der Waals surface area contributed by atoms with E-state index < -0.39 is 15.9 Å². The zero-order valence-electron chi connectivity index (χ0n) is 6.85. The topological polar surface area (TPSA) is 76.1 Å². The molecule has 0 spiro atoms. The monoisotopic (exact) mass is 220 g/mol. The molecule has 0 aromatic carbocycles. The minimum atomic E-state index is -3.48. The number of sulfonamides is 1. The number of hydrogen-bond acceptors (Lipinski definition) is 5. The second-order valence-corrected chi connectivity index (χ2v) is 4.94. The Morgan fingerprint density at radius 3 is 2.85 bits per heavy atom. The average Bonchev–Trinajstić information content (AvgIpc) is 2.55. The number of rotatable bonds is 3. The molecule has 0 saturated heterocycles. The van der Waals surface area contributed by atoms with Crippen LogP contribution in [0.3, 0.4) is 0 Å². The van der Waals surface area contributed by atoms with Gasteiger partial charge in [-0.15, -0.1) is 11.3 Å². The van der Waals surface area contributed by atoms with Gasteiger partial charge >= 0.3 is 0 Å². The van der Waals surface area contributed by atoms with E-state index in [0.29, 0.717) is 0 Å². The van der Waals surface area contributed by atoms with Crippen molar-refractivity contribution in [3.8, 4) is 0 Å². The fraction of sp³-hybridized carbons (Fsp3) is 0.333. The lowest BCUT2D eigenvalue weighted by Gasteiger charge is -2.00. The van der Waals surface area contributed by atoms with E-state index in [1.54, 1.807) is 0 Å². The lowest BCUT2D eigenvalue weighted by Crippen LogP contribution is -2.31. The zero-order chi connectivity index (χ0) is 9.90. The van der Waals surface area contributed by atoms with Crippen molar-refractivity contribution < 1.29 is 13.2 Å². The SMILES string of the molecule is CCS(=O)(=O)NC(=O)c1cscn1. The predicted octanol–water partition coefficient (Wildman–Crippen LogP) is 0.223. The van der Waals surface area contributed by atoms with E-state index in [9.17, 15) is 13.2 Å². The predicted molar refractivity (Wildman–Crippen MR) is 49.0 cm³/mol. The molecule has 1 heterocycles. The second kappa shape index (κ2) is 3.84. The van der Waals surface area contributed by atoms with Crippen molar-refractivity contribution in [2.75, 3.05) is 5.75 Å². The van der Waals surface area contributed by atoms with Gasteiger partial charge in [-0.1, -0.05) is 0 Å². The van der Waals surface area contributed by atoms with Crippen molar-refractivity contribution in [3.63, 3.8) is 0 Å². The Bertz CT molecular complexity index is 382. The fourth-order valence-electron chi connectivity index (χ4n) is 0.590. The number of nitrogens with one attached hydrogen (secondary N) is 1. The summed E-state index contributed by atoms with van der Waals surface area (Å²) in [6.07, 6.45) is 0. The Kier molecular flexibility index (Phi) is 2.99. The molecule has 1 N–H and O–H groups in total. The van der Waals surface area contributed by atoms with Crippen LogP contribution in [-0.2, 0) is 10.0 Å². The number of amides is 1. The van der Waals surface area contributed by atoms with Gasteiger partial charge in [0.05, 0.1) is 11.3 Å². The first-order valence-electron chi connectivity index (χ1n) is 3.48. The van der Waals surface area contributed by atoms with Crippen LogP contribution in [0, 0.1) is 0 Å². The molecule has 1 amide bonds. The summed E-state index contributed by atoms with van der Waals surface area (Å²) in [5.74, 6) is -0.800. The van der Waals surface area contributed by atoms with Gasteiger partial charge in [0.1, 0.15) is 5.69 Å². The Labute approximate surface area is 79.9 Å². The van der Waals surface area contributed by atoms with E-state index in [0.717, 1.165) is 0 Å². The van der Waals surface area contributed by atoms with Gasteiger partial charge in [0.15, 0.2) is 0 Å². The van der Waals surface area contributed by atoms with Crippen molar-refractivity contribution in [1.29, 1.82) is 0 Å². The van der Waals surface area contributed by atoms with E-state index >= 15 is 0 Å². The Balaban J connectivity index is 2.73. The van der Waals surface area contributed by atoms with Gasteiger partial charge in [0.2, 0.25) is 10.0 Å². The van der Waals surface area contributed by atoms with Crippen LogP contribution >= 0.6 is 11.3 Å². The van der Waals surface area contributed by atoms with Gasteiger partial charge in [-0.25, -0.2) is 18.1 Å². The van der Waals surface area contributed by atoms with Gasteiger partial charge in [0.25, 0.3) is 5.91 Å². The third-order valence-corrected chi connectivity index (χ3v) is 3.14. The molecular weight excluding hydrogens is 212 g/mol. The minimum Gasteiger partial charge on any atom is -0.266 e. The van der Waals surface area contributed by atoms with Crippen LogP contribution in [0.5, 0.6) is 0 Å². The maximum absolute atomic E-state index is 11.1. The number of aromatic nitrogens is 1. The number of nitrogens with zero attached hydrogens (tertiary/aromatic N) is 1. The summed E-state index contributed by atoms with van der Waals surface area (Å²) in [5.41, 5.74) is 1.59. The van der Waals surface area contributed by atoms with Crippen LogP contribution in [-0.4, -0.2) is 25.1 Å². The van der Waals surface area contributed by atoms with Crippen LogP contribution < -0.4 is 4.72 Å². The van der Waals surface area contributed by atoms with E-state index in [1.165, 1.54) is 29.2 Å². The molecule has 0 aliphatic heterocycles. The Hall–Kier alpha value is -0.950. The summed E-state index contributed by atoms with van der Waals surface area (Å²) < 4.78 is 23.8. The molecule has 0 radical (unpaired) electrons. The maximum atomic E-state index is 11.1. The largest absolute Gasteiger partial charge is 0.284 e. The van der Waals surface area contributed by atoms with Crippen molar-refractivity contribution in [3.05, 3.63) is 16.6 Å². The summed E-state index contributed by atoms with van der Waals surface area (Å²) in [6, 6.07) is 0. The summed E-state index contributed by atoms with van der Waals surface area (Å²) in [7, 11) is -3.48. The molecule has 13 heavy (non-hydrogen) atoms. The zero-order valence-corrected chi connectivity index (χ0v) is 8.48. The van der Waals surface area contributed by atoms with Gasteiger partial charge in [-0.05, 0) is 6.92 Å². The lowest BCUT2D eigenvalue weighted by molar-refractivity contribution is 0.0977. The molecule has 1 aromatic heterocycles. The maximum Gasteiger partial charge on any atom is 0.284 e. The second-order valence-electron chi connectivity index (χ2n) is 2.21. The van der Waals surface area contributed by atoms with Crippen LogP contribution in [0.15, 0.2) is 10.9 Å². The molecule has 5 nitrogen and oxygen atoms in total. The third-order valence-electron chi connectivity index (χ3n) is 1.29. The van der Waals surface area contributed by atoms with Crippen LogP contribution in [0.25, 0.3) is 0 Å². The first kappa shape index (κ1) is 10.1. The molecule has 1 rings (SSSR count). The van der Waals surface area contributed by atoms with Crippen LogP contribution in [0.1, 0.15) is 17.4 Å². The molecule has 0 unspecified atom stereocenters. The van der Waals surface area contributed by atoms with Crippen LogP contribution in [0.4, 0.5) is 0 Å². The smallest absolute Gasteiger partial charge is 0.266 e. The van der Waals surface area contributed by atoms with Gasteiger partial charge in [-0.3, -0.25) is 4.79 Å². The van der Waals surface area contributed by atoms with Crippen molar-refractivity contribution in [2.24, 2.45) is 0 Å². The number of hydrogen-bond donors (Lipinski definition) is 1. The van der Waals surface area contributed by atoms with Crippen molar-refractivity contribution in [2.45, 2.75) is 6.92 Å². The fourth-order valence-corrected chi connectivity index (χ4v) is 1.65. The number of thiazole rings is 1. The number of carbonyl (C=O) groups is 1. The summed E-state index contributed by atoms with van der Waals surface area (Å²) >= 11 is 1.23. The first-order valence-corrected chi connectivity index (χ1v) is 6.07. The summed E-state index contributed by atoms with van der Waals surface area (Å²) in [6.45, 7) is 1.46. The first-order chi connectivity index (χ1) is 6.05. The molecule has 7 heteroatoms. The molecule has 0 bridgehead atoms. The molecule has 0 saturated carbocycles. The molecule has 0 atom stereocenters. The Morgan fingerprint density at radius 2 is 2.38 bits per heavy atom. The standard InChI is InChI=1S/C6H8N2O3S2/c1-2-13(10,11)8-6(9)5-3-12-4-7-5/h3-4H,2H2,1H3,(H,8,9). The van der Waals surface area contributed by atoms with Gasteiger partial charge < -0.3 is 0 Å². The van der Waals surface area contributed by atoms with Gasteiger partial charge in [0, 0.05) is 5.38 Å². The molecule has 72 valence electrons. The highest BCUT2D eigenvalue weighted by molar-refractivity contribution is 7.90. The highest BCUT2D eigenvalue weighted by Gasteiger charge is 2.14. The summed E-state index contributed by atoms with van der Waals surface area (Å²) in [5, 5.41) is 1.49. The van der Waals surface area contributed by atoms with E-state index in [1.807, 2.05) is 4.72 Å². The van der Waals surface area contributed by atoms with Crippen molar-refractivity contribution in [1.82, 2.24) is 9.71 Å². The molecule has 0 aliphatic carbocycles. The van der Waals surface area contributed by atoms with Gasteiger partial charge in [-0.2, -0.15) is 0 Å². The van der Waals surface area contributed by atoms with E-state index in [2.05, 4.69) is 4.98 Å². The minimum absolute atomic E-state index is 0.122. The molecular formula is C6H8N2O3S2.